The maximum Gasteiger partial charge on any atom is 0.126 e. The molecule has 0 amide bonds. The zero-order chi connectivity index (χ0) is 14.8. The van der Waals surface area contributed by atoms with Crippen LogP contribution in [0.3, 0.4) is 0 Å². The Kier molecular flexibility index (Phi) is 3.50. The summed E-state index contributed by atoms with van der Waals surface area (Å²) in [6.07, 6.45) is 0.360. The van der Waals surface area contributed by atoms with Crippen molar-refractivity contribution in [3.63, 3.8) is 0 Å². The maximum absolute atomic E-state index is 13.3. The molecule has 0 fully saturated rings. The van der Waals surface area contributed by atoms with Crippen molar-refractivity contribution >= 4 is 0 Å². The molecule has 0 saturated carbocycles. The fraction of sp³-hybridized carbons (Fsp3) is 0.0625. The van der Waals surface area contributed by atoms with Gasteiger partial charge in [0.2, 0.25) is 0 Å². The van der Waals surface area contributed by atoms with Gasteiger partial charge in [0, 0.05) is 12.3 Å². The Morgan fingerprint density at radius 1 is 0.952 bits per heavy atom. The second-order valence-electron chi connectivity index (χ2n) is 4.61. The van der Waals surface area contributed by atoms with Crippen LogP contribution < -0.4 is 0 Å². The van der Waals surface area contributed by atoms with Crippen molar-refractivity contribution in [1.29, 1.82) is 0 Å². The summed E-state index contributed by atoms with van der Waals surface area (Å²) in [5.41, 5.74) is 1.34. The Balaban J connectivity index is 2.03. The number of aliphatic hydroxyl groups is 1. The van der Waals surface area contributed by atoms with Gasteiger partial charge in [-0.1, -0.05) is 18.2 Å². The van der Waals surface area contributed by atoms with E-state index in [0.29, 0.717) is 5.69 Å². The topological polar surface area (TPSA) is 38.1 Å². The molecule has 5 heteroatoms. The first-order chi connectivity index (χ1) is 10.1. The summed E-state index contributed by atoms with van der Waals surface area (Å²) < 4.78 is 28.1. The Morgan fingerprint density at radius 3 is 2.29 bits per heavy atom. The van der Waals surface area contributed by atoms with Gasteiger partial charge in [-0.15, -0.1) is 0 Å². The Bertz CT molecular complexity index is 736. The van der Waals surface area contributed by atoms with Crippen molar-refractivity contribution in [2.75, 3.05) is 0 Å². The van der Waals surface area contributed by atoms with Gasteiger partial charge in [0.1, 0.15) is 17.7 Å². The monoisotopic (exact) mass is 286 g/mol. The van der Waals surface area contributed by atoms with Crippen LogP contribution in [0.1, 0.15) is 17.4 Å². The number of hydrogen-bond acceptors (Lipinski definition) is 2. The van der Waals surface area contributed by atoms with Gasteiger partial charge in [0.15, 0.2) is 0 Å². The number of nitrogens with zero attached hydrogens (tertiary/aromatic N) is 2. The second-order valence-corrected chi connectivity index (χ2v) is 4.61. The van der Waals surface area contributed by atoms with Crippen LogP contribution in [0.25, 0.3) is 5.69 Å². The number of aliphatic hydroxyl groups excluding tert-OH is 1. The molecule has 1 N–H and O–H groups in total. The highest BCUT2D eigenvalue weighted by Gasteiger charge is 2.18. The van der Waals surface area contributed by atoms with Gasteiger partial charge in [-0.3, -0.25) is 0 Å². The lowest BCUT2D eigenvalue weighted by Crippen LogP contribution is -2.09. The van der Waals surface area contributed by atoms with Crippen LogP contribution in [-0.2, 0) is 0 Å². The number of hydrogen-bond donors (Lipinski definition) is 1. The van der Waals surface area contributed by atoms with Crippen molar-refractivity contribution in [1.82, 2.24) is 9.78 Å². The van der Waals surface area contributed by atoms with Gasteiger partial charge in [-0.2, -0.15) is 5.10 Å². The largest absolute Gasteiger partial charge is 0.382 e. The Morgan fingerprint density at radius 2 is 1.62 bits per heavy atom. The number of aromatic nitrogens is 2. The first-order valence-corrected chi connectivity index (χ1v) is 6.38. The summed E-state index contributed by atoms with van der Waals surface area (Å²) >= 11 is 0. The Labute approximate surface area is 120 Å². The predicted molar refractivity (Wildman–Crippen MR) is 74.0 cm³/mol. The quantitative estimate of drug-likeness (QED) is 0.802. The molecule has 1 aromatic heterocycles. The molecule has 3 aromatic rings. The number of halogens is 2. The van der Waals surface area contributed by atoms with Crippen LogP contribution in [0.15, 0.2) is 60.8 Å². The highest BCUT2D eigenvalue weighted by Crippen LogP contribution is 2.25. The van der Waals surface area contributed by atoms with E-state index < -0.39 is 17.7 Å². The van der Waals surface area contributed by atoms with Crippen LogP contribution in [0.4, 0.5) is 8.78 Å². The van der Waals surface area contributed by atoms with Gasteiger partial charge >= 0.3 is 0 Å². The summed E-state index contributed by atoms with van der Waals surface area (Å²) in [5, 5.41) is 14.5. The lowest BCUT2D eigenvalue weighted by Gasteiger charge is -2.14. The van der Waals surface area contributed by atoms with Crippen molar-refractivity contribution in [3.05, 3.63) is 83.7 Å². The molecule has 0 bridgehead atoms. The summed E-state index contributed by atoms with van der Waals surface area (Å²) in [7, 11) is 0. The molecule has 0 aliphatic heterocycles. The van der Waals surface area contributed by atoms with Gasteiger partial charge in [-0.05, 0) is 35.9 Å². The number of rotatable bonds is 3. The normalized spacial score (nSPS) is 12.3. The van der Waals surface area contributed by atoms with E-state index in [4.69, 9.17) is 0 Å². The number of benzene rings is 2. The van der Waals surface area contributed by atoms with Crippen molar-refractivity contribution < 1.29 is 13.9 Å². The minimum atomic E-state index is -1.17. The van der Waals surface area contributed by atoms with E-state index in [9.17, 15) is 13.9 Å². The molecule has 0 aliphatic carbocycles. The van der Waals surface area contributed by atoms with E-state index >= 15 is 0 Å². The highest BCUT2D eigenvalue weighted by atomic mass is 19.1. The average Bonchev–Trinajstić information content (AvgIpc) is 2.95. The third-order valence-corrected chi connectivity index (χ3v) is 3.15. The zero-order valence-electron chi connectivity index (χ0n) is 10.9. The SMILES string of the molecule is OC(c1cc(F)cc(F)c1)c1ccnn1-c1ccccc1. The van der Waals surface area contributed by atoms with Gasteiger partial charge in [0.25, 0.3) is 0 Å². The fourth-order valence-electron chi connectivity index (χ4n) is 2.21. The minimum Gasteiger partial charge on any atom is -0.382 e. The van der Waals surface area contributed by atoms with Crippen LogP contribution in [0.5, 0.6) is 0 Å². The predicted octanol–water partition coefficient (Wildman–Crippen LogP) is 3.23. The third kappa shape index (κ3) is 2.68. The van der Waals surface area contributed by atoms with Crippen molar-refractivity contribution in [3.8, 4) is 5.69 Å². The lowest BCUT2D eigenvalue weighted by atomic mass is 10.1. The molecule has 0 saturated heterocycles. The van der Waals surface area contributed by atoms with Crippen LogP contribution >= 0.6 is 0 Å². The summed E-state index contributed by atoms with van der Waals surface area (Å²) in [4.78, 5) is 0. The van der Waals surface area contributed by atoms with Gasteiger partial charge in [0.05, 0.1) is 11.4 Å². The molecule has 0 radical (unpaired) electrons. The van der Waals surface area contributed by atoms with E-state index in [0.717, 1.165) is 23.9 Å². The Hall–Kier alpha value is -2.53. The third-order valence-electron chi connectivity index (χ3n) is 3.15. The van der Waals surface area contributed by atoms with E-state index in [2.05, 4.69) is 5.10 Å². The van der Waals surface area contributed by atoms with Gasteiger partial charge < -0.3 is 5.11 Å². The molecule has 3 rings (SSSR count). The van der Waals surface area contributed by atoms with Crippen LogP contribution in [0, 0.1) is 11.6 Å². The molecular weight excluding hydrogens is 274 g/mol. The smallest absolute Gasteiger partial charge is 0.126 e. The van der Waals surface area contributed by atoms with E-state index in [1.54, 1.807) is 6.07 Å². The molecule has 2 aromatic carbocycles. The molecule has 1 atom stereocenters. The molecule has 0 aliphatic rings. The molecule has 21 heavy (non-hydrogen) atoms. The molecule has 3 nitrogen and oxygen atoms in total. The molecule has 106 valence electrons. The molecule has 1 unspecified atom stereocenters. The van der Waals surface area contributed by atoms with Crippen LogP contribution in [-0.4, -0.2) is 14.9 Å². The first kappa shape index (κ1) is 13.5. The summed E-state index contributed by atoms with van der Waals surface area (Å²) in [5.74, 6) is -1.45. The summed E-state index contributed by atoms with van der Waals surface area (Å²) in [6.45, 7) is 0. The standard InChI is InChI=1S/C16H12F2N2O/c17-12-8-11(9-13(18)10-12)16(21)15-6-7-19-20(15)14-4-2-1-3-5-14/h1-10,16,21H. The van der Waals surface area contributed by atoms with Crippen molar-refractivity contribution in [2.24, 2.45) is 0 Å². The highest BCUT2D eigenvalue weighted by molar-refractivity contribution is 5.35. The van der Waals surface area contributed by atoms with Gasteiger partial charge in [-0.25, -0.2) is 13.5 Å². The van der Waals surface area contributed by atoms with E-state index in [-0.39, 0.29) is 5.56 Å². The van der Waals surface area contributed by atoms with Crippen LogP contribution in [0.2, 0.25) is 0 Å². The zero-order valence-corrected chi connectivity index (χ0v) is 10.9. The molecular formula is C16H12F2N2O. The lowest BCUT2D eigenvalue weighted by molar-refractivity contribution is 0.211. The second kappa shape index (κ2) is 5.46. The summed E-state index contributed by atoms with van der Waals surface area (Å²) in [6, 6.07) is 13.8. The minimum absolute atomic E-state index is 0.144. The first-order valence-electron chi connectivity index (χ1n) is 6.38. The average molecular weight is 286 g/mol. The molecule has 1 heterocycles. The molecule has 0 spiro atoms. The number of para-hydroxylation sites is 1. The van der Waals surface area contributed by atoms with E-state index in [1.165, 1.54) is 10.9 Å². The van der Waals surface area contributed by atoms with Crippen molar-refractivity contribution in [2.45, 2.75) is 6.10 Å². The fourth-order valence-corrected chi connectivity index (χ4v) is 2.21. The maximum atomic E-state index is 13.3. The van der Waals surface area contributed by atoms with E-state index in [1.807, 2.05) is 30.3 Å².